The molecule has 0 saturated carbocycles. The highest BCUT2D eigenvalue weighted by Crippen LogP contribution is 1.93. The van der Waals surface area contributed by atoms with Gasteiger partial charge in [0, 0.05) is 7.05 Å². The van der Waals surface area contributed by atoms with Gasteiger partial charge in [-0.3, -0.25) is 0 Å². The average molecular weight is 144 g/mol. The summed E-state index contributed by atoms with van der Waals surface area (Å²) in [6, 6.07) is 0. The Hall–Kier alpha value is -0.730. The van der Waals surface area contributed by atoms with Crippen molar-refractivity contribution in [3.8, 4) is 0 Å². The maximum atomic E-state index is 10.4. The number of hydrogen-bond acceptors (Lipinski definition) is 2. The second kappa shape index (κ2) is 6.39. The zero-order valence-electron chi connectivity index (χ0n) is 6.35. The van der Waals surface area contributed by atoms with Crippen LogP contribution >= 0.6 is 0 Å². The van der Waals surface area contributed by atoms with Gasteiger partial charge in [0.2, 0.25) is 0 Å². The number of rotatable bonds is 4. The van der Waals surface area contributed by atoms with Crippen molar-refractivity contribution in [3.63, 3.8) is 0 Å². The summed E-state index contributed by atoms with van der Waals surface area (Å²) < 4.78 is 4.72. The number of ether oxygens (including phenoxy) is 1. The van der Waals surface area contributed by atoms with Crippen molar-refractivity contribution in [2.45, 2.75) is 19.3 Å². The first kappa shape index (κ1) is 9.27. The lowest BCUT2D eigenvalue weighted by Gasteiger charge is -2.01. The van der Waals surface area contributed by atoms with E-state index in [2.05, 4.69) is 12.2 Å². The fourth-order valence-electron chi connectivity index (χ4n) is 0.516. The molecule has 0 aromatic rings. The van der Waals surface area contributed by atoms with E-state index in [-0.39, 0.29) is 6.09 Å². The number of carbonyl (C=O) groups is 1. The molecule has 1 N–H and O–H groups in total. The molecular weight excluding hydrogens is 130 g/mol. The van der Waals surface area contributed by atoms with Gasteiger partial charge < -0.3 is 10.1 Å². The van der Waals surface area contributed by atoms with Crippen LogP contribution in [0.2, 0.25) is 0 Å². The van der Waals surface area contributed by atoms with Crippen LogP contribution in [0.5, 0.6) is 0 Å². The van der Waals surface area contributed by atoms with Crippen LogP contribution in [0.3, 0.4) is 0 Å². The SMILES string of the molecule is [CH2]CCCCOC(=O)NC. The lowest BCUT2D eigenvalue weighted by atomic mass is 10.3. The van der Waals surface area contributed by atoms with Crippen LogP contribution in [0.15, 0.2) is 0 Å². The van der Waals surface area contributed by atoms with E-state index in [1.807, 2.05) is 0 Å². The van der Waals surface area contributed by atoms with Crippen LogP contribution in [0.4, 0.5) is 4.79 Å². The van der Waals surface area contributed by atoms with Gasteiger partial charge in [0.15, 0.2) is 0 Å². The third-order valence-electron chi connectivity index (χ3n) is 1.08. The number of nitrogens with one attached hydrogen (secondary N) is 1. The largest absolute Gasteiger partial charge is 0.450 e. The van der Waals surface area contributed by atoms with E-state index in [4.69, 9.17) is 4.74 Å². The molecule has 0 fully saturated rings. The average Bonchev–Trinajstić information content (AvgIpc) is 1.98. The molecule has 0 bridgehead atoms. The van der Waals surface area contributed by atoms with E-state index in [9.17, 15) is 4.79 Å². The van der Waals surface area contributed by atoms with Crippen LogP contribution in [-0.2, 0) is 4.74 Å². The highest BCUT2D eigenvalue weighted by Gasteiger charge is 1.94. The monoisotopic (exact) mass is 144 g/mol. The molecule has 3 nitrogen and oxygen atoms in total. The quantitative estimate of drug-likeness (QED) is 0.605. The molecule has 0 spiro atoms. The Morgan fingerprint density at radius 3 is 2.80 bits per heavy atom. The molecule has 1 radical (unpaired) electrons. The first-order chi connectivity index (χ1) is 4.81. The van der Waals surface area contributed by atoms with Gasteiger partial charge in [-0.2, -0.15) is 0 Å². The van der Waals surface area contributed by atoms with Gasteiger partial charge in [-0.15, -0.1) is 0 Å². The number of carbonyl (C=O) groups excluding carboxylic acids is 1. The molecule has 0 unspecified atom stereocenters. The van der Waals surface area contributed by atoms with E-state index in [0.29, 0.717) is 6.61 Å². The number of alkyl carbamates (subject to hydrolysis) is 1. The molecule has 0 saturated heterocycles. The minimum absolute atomic E-state index is 0.357. The van der Waals surface area contributed by atoms with E-state index in [1.54, 1.807) is 7.05 Å². The lowest BCUT2D eigenvalue weighted by molar-refractivity contribution is 0.146. The van der Waals surface area contributed by atoms with Crippen molar-refractivity contribution in [1.29, 1.82) is 0 Å². The Labute approximate surface area is 61.8 Å². The summed E-state index contributed by atoms with van der Waals surface area (Å²) in [6.07, 6.45) is 2.45. The highest BCUT2D eigenvalue weighted by atomic mass is 16.5. The standard InChI is InChI=1S/C7H14NO2/c1-3-4-5-6-10-7(9)8-2/h1,3-6H2,2H3,(H,8,9). The number of unbranched alkanes of at least 4 members (excludes halogenated alkanes) is 2. The number of amides is 1. The minimum atomic E-state index is -0.357. The summed E-state index contributed by atoms with van der Waals surface area (Å²) in [5.41, 5.74) is 0. The van der Waals surface area contributed by atoms with Crippen molar-refractivity contribution in [2.75, 3.05) is 13.7 Å². The first-order valence-electron chi connectivity index (χ1n) is 3.45. The molecule has 1 amide bonds. The van der Waals surface area contributed by atoms with Crippen molar-refractivity contribution in [3.05, 3.63) is 6.92 Å². The fraction of sp³-hybridized carbons (Fsp3) is 0.714. The van der Waals surface area contributed by atoms with Crippen LogP contribution in [0.1, 0.15) is 19.3 Å². The Balaban J connectivity index is 2.96. The van der Waals surface area contributed by atoms with E-state index >= 15 is 0 Å². The Morgan fingerprint density at radius 2 is 2.30 bits per heavy atom. The fourth-order valence-corrected chi connectivity index (χ4v) is 0.516. The summed E-state index contributed by atoms with van der Waals surface area (Å²) >= 11 is 0. The molecule has 59 valence electrons. The van der Waals surface area contributed by atoms with Crippen molar-refractivity contribution in [2.24, 2.45) is 0 Å². The molecular formula is C7H14NO2. The molecule has 0 atom stereocenters. The summed E-state index contributed by atoms with van der Waals surface area (Å²) in [5, 5.41) is 2.37. The van der Waals surface area contributed by atoms with Gasteiger partial charge in [-0.05, 0) is 6.42 Å². The molecule has 0 rings (SSSR count). The van der Waals surface area contributed by atoms with E-state index in [1.165, 1.54) is 0 Å². The molecule has 0 aliphatic rings. The molecule has 0 heterocycles. The molecule has 3 heteroatoms. The van der Waals surface area contributed by atoms with Gasteiger partial charge in [0.1, 0.15) is 0 Å². The maximum absolute atomic E-state index is 10.4. The second-order valence-electron chi connectivity index (χ2n) is 1.95. The first-order valence-corrected chi connectivity index (χ1v) is 3.45. The summed E-state index contributed by atoms with van der Waals surface area (Å²) in [7, 11) is 1.55. The predicted octanol–water partition coefficient (Wildman–Crippen LogP) is 1.35. The number of hydrogen-bond donors (Lipinski definition) is 1. The molecule has 0 aromatic carbocycles. The Morgan fingerprint density at radius 1 is 1.60 bits per heavy atom. The smallest absolute Gasteiger partial charge is 0.406 e. The summed E-state index contributed by atoms with van der Waals surface area (Å²) in [6.45, 7) is 4.16. The van der Waals surface area contributed by atoms with Crippen LogP contribution in [0.25, 0.3) is 0 Å². The normalized spacial score (nSPS) is 9.00. The highest BCUT2D eigenvalue weighted by molar-refractivity contribution is 5.66. The predicted molar refractivity (Wildman–Crippen MR) is 39.6 cm³/mol. The Kier molecular flexibility index (Phi) is 5.92. The van der Waals surface area contributed by atoms with Gasteiger partial charge in [-0.1, -0.05) is 19.8 Å². The van der Waals surface area contributed by atoms with Crippen LogP contribution in [0, 0.1) is 6.92 Å². The minimum Gasteiger partial charge on any atom is -0.450 e. The zero-order valence-corrected chi connectivity index (χ0v) is 6.35. The zero-order chi connectivity index (χ0) is 7.82. The molecule has 10 heavy (non-hydrogen) atoms. The van der Waals surface area contributed by atoms with Gasteiger partial charge in [0.05, 0.1) is 6.61 Å². The maximum Gasteiger partial charge on any atom is 0.406 e. The summed E-state index contributed by atoms with van der Waals surface area (Å²) in [4.78, 5) is 10.4. The third kappa shape index (κ3) is 5.41. The van der Waals surface area contributed by atoms with Crippen molar-refractivity contribution < 1.29 is 9.53 Å². The van der Waals surface area contributed by atoms with Gasteiger partial charge in [-0.25, -0.2) is 4.79 Å². The lowest BCUT2D eigenvalue weighted by Crippen LogP contribution is -2.19. The van der Waals surface area contributed by atoms with Crippen LogP contribution < -0.4 is 5.32 Å². The molecule has 0 aromatic heterocycles. The van der Waals surface area contributed by atoms with Crippen molar-refractivity contribution in [1.82, 2.24) is 5.32 Å². The molecule has 0 aliphatic carbocycles. The summed E-state index contributed by atoms with van der Waals surface area (Å²) in [5.74, 6) is 0. The van der Waals surface area contributed by atoms with Gasteiger partial charge >= 0.3 is 6.09 Å². The van der Waals surface area contributed by atoms with E-state index in [0.717, 1.165) is 19.3 Å². The van der Waals surface area contributed by atoms with Gasteiger partial charge in [0.25, 0.3) is 0 Å². The van der Waals surface area contributed by atoms with Crippen molar-refractivity contribution >= 4 is 6.09 Å². The molecule has 0 aliphatic heterocycles. The van der Waals surface area contributed by atoms with Crippen LogP contribution in [-0.4, -0.2) is 19.7 Å². The Bertz CT molecular complexity index is 93.6. The van der Waals surface area contributed by atoms with E-state index < -0.39 is 0 Å². The topological polar surface area (TPSA) is 38.3 Å². The second-order valence-corrected chi connectivity index (χ2v) is 1.95. The third-order valence-corrected chi connectivity index (χ3v) is 1.08.